The van der Waals surface area contributed by atoms with E-state index in [0.29, 0.717) is 36.4 Å². The van der Waals surface area contributed by atoms with Crippen LogP contribution in [0, 0.1) is 6.92 Å². The van der Waals surface area contributed by atoms with Crippen LogP contribution < -0.4 is 5.56 Å². The van der Waals surface area contributed by atoms with Crippen molar-refractivity contribution in [1.29, 1.82) is 0 Å². The normalized spacial score (nSPS) is 17.8. The van der Waals surface area contributed by atoms with Crippen molar-refractivity contribution >= 4 is 16.7 Å². The number of carbonyl (C=O) groups excluding carboxylic acids is 1. The number of nitrogens with zero attached hydrogens (tertiary/aromatic N) is 3. The van der Waals surface area contributed by atoms with Gasteiger partial charge in [-0.25, -0.2) is 10.1 Å². The van der Waals surface area contributed by atoms with E-state index in [9.17, 15) is 9.59 Å². The van der Waals surface area contributed by atoms with Gasteiger partial charge in [-0.1, -0.05) is 18.2 Å². The van der Waals surface area contributed by atoms with Crippen LogP contribution >= 0.6 is 0 Å². The molecule has 3 aromatic rings. The maximum absolute atomic E-state index is 13.2. The van der Waals surface area contributed by atoms with Crippen molar-refractivity contribution < 1.29 is 9.53 Å². The van der Waals surface area contributed by atoms with Crippen LogP contribution in [0.4, 0.5) is 0 Å². The number of aromatic nitrogens is 4. The molecular weight excluding hydrogens is 322 g/mol. The smallest absolute Gasteiger partial charge is 0.275 e. The monoisotopic (exact) mass is 339 g/mol. The first-order valence-electron chi connectivity index (χ1n) is 8.03. The van der Waals surface area contributed by atoms with E-state index in [-0.39, 0.29) is 23.2 Å². The molecule has 25 heavy (non-hydrogen) atoms. The minimum atomic E-state index is -0.317. The predicted octanol–water partition coefficient (Wildman–Crippen LogP) is 1.17. The Bertz CT molecular complexity index is 993. The molecule has 4 rings (SSSR count). The third kappa shape index (κ3) is 2.70. The van der Waals surface area contributed by atoms with E-state index in [0.717, 1.165) is 5.69 Å². The number of benzene rings is 1. The molecule has 1 saturated heterocycles. The van der Waals surface area contributed by atoms with Gasteiger partial charge in [0.1, 0.15) is 11.9 Å². The Hall–Kier alpha value is -3.00. The summed E-state index contributed by atoms with van der Waals surface area (Å²) < 4.78 is 5.54. The van der Waals surface area contributed by atoms with Gasteiger partial charge in [-0.3, -0.25) is 9.59 Å². The fourth-order valence-corrected chi connectivity index (χ4v) is 3.09. The number of rotatable bonds is 2. The van der Waals surface area contributed by atoms with Gasteiger partial charge < -0.3 is 14.6 Å². The second kappa shape index (κ2) is 6.14. The van der Waals surface area contributed by atoms with E-state index in [1.54, 1.807) is 35.4 Å². The summed E-state index contributed by atoms with van der Waals surface area (Å²) in [5.41, 5.74) is 0.832. The quantitative estimate of drug-likeness (QED) is 0.729. The average Bonchev–Trinajstić information content (AvgIpc) is 3.08. The Kier molecular flexibility index (Phi) is 3.81. The summed E-state index contributed by atoms with van der Waals surface area (Å²) in [5, 5.41) is 7.41. The zero-order chi connectivity index (χ0) is 17.4. The molecule has 1 atom stereocenters. The summed E-state index contributed by atoms with van der Waals surface area (Å²) in [4.78, 5) is 34.3. The van der Waals surface area contributed by atoms with Gasteiger partial charge in [0.25, 0.3) is 11.5 Å². The first-order valence-corrected chi connectivity index (χ1v) is 8.03. The van der Waals surface area contributed by atoms with Crippen LogP contribution in [0.5, 0.6) is 0 Å². The van der Waals surface area contributed by atoms with Gasteiger partial charge in [0.2, 0.25) is 0 Å². The summed E-state index contributed by atoms with van der Waals surface area (Å²) >= 11 is 0. The van der Waals surface area contributed by atoms with Crippen molar-refractivity contribution in [2.45, 2.75) is 13.0 Å². The van der Waals surface area contributed by atoms with Gasteiger partial charge in [0.05, 0.1) is 18.6 Å². The number of amides is 1. The highest BCUT2D eigenvalue weighted by atomic mass is 16.5. The Morgan fingerprint density at radius 3 is 2.88 bits per heavy atom. The second-order valence-corrected chi connectivity index (χ2v) is 5.99. The predicted molar refractivity (Wildman–Crippen MR) is 90.3 cm³/mol. The molecule has 1 fully saturated rings. The van der Waals surface area contributed by atoms with Gasteiger partial charge in [0.15, 0.2) is 5.69 Å². The molecule has 128 valence electrons. The fourth-order valence-electron chi connectivity index (χ4n) is 3.09. The summed E-state index contributed by atoms with van der Waals surface area (Å²) in [6, 6.07) is 6.64. The Morgan fingerprint density at radius 2 is 2.12 bits per heavy atom. The molecule has 8 heteroatoms. The lowest BCUT2D eigenvalue weighted by atomic mass is 10.1. The maximum atomic E-state index is 13.2. The molecule has 1 aliphatic heterocycles. The molecule has 0 radical (unpaired) electrons. The number of hydrogen-bond acceptors (Lipinski definition) is 5. The van der Waals surface area contributed by atoms with Crippen LogP contribution in [0.15, 0.2) is 35.3 Å². The van der Waals surface area contributed by atoms with Crippen LogP contribution in [0.2, 0.25) is 0 Å². The fraction of sp³-hybridized carbons (Fsp3) is 0.294. The van der Waals surface area contributed by atoms with Gasteiger partial charge in [-0.15, -0.1) is 0 Å². The van der Waals surface area contributed by atoms with E-state index < -0.39 is 0 Å². The third-order valence-electron chi connectivity index (χ3n) is 4.33. The number of H-pyrrole nitrogens is 2. The lowest BCUT2D eigenvalue weighted by Crippen LogP contribution is -2.44. The highest BCUT2D eigenvalue weighted by Crippen LogP contribution is 2.25. The van der Waals surface area contributed by atoms with Crippen LogP contribution in [-0.2, 0) is 4.74 Å². The zero-order valence-electron chi connectivity index (χ0n) is 13.7. The molecule has 0 spiro atoms. The lowest BCUT2D eigenvalue weighted by molar-refractivity contribution is -0.00525. The molecule has 2 aromatic heterocycles. The molecule has 8 nitrogen and oxygen atoms in total. The molecule has 3 heterocycles. The Morgan fingerprint density at radius 1 is 1.32 bits per heavy atom. The molecule has 0 unspecified atom stereocenters. The molecule has 1 amide bonds. The van der Waals surface area contributed by atoms with Crippen molar-refractivity contribution in [1.82, 2.24) is 25.1 Å². The van der Waals surface area contributed by atoms with Gasteiger partial charge in [0, 0.05) is 23.8 Å². The molecule has 1 aliphatic rings. The SMILES string of the molecule is Cc1cnc([C@H]2COCCN2C(=O)c2n[nH]c(=O)c3ccccc23)[nH]1. The molecular formula is C17H17N5O3. The molecule has 0 saturated carbocycles. The number of carbonyl (C=O) groups is 1. The molecule has 0 aliphatic carbocycles. The maximum Gasteiger partial charge on any atom is 0.275 e. The third-order valence-corrected chi connectivity index (χ3v) is 4.33. The second-order valence-electron chi connectivity index (χ2n) is 5.99. The van der Waals surface area contributed by atoms with Gasteiger partial charge >= 0.3 is 0 Å². The number of imidazole rings is 1. The van der Waals surface area contributed by atoms with Crippen molar-refractivity contribution in [3.8, 4) is 0 Å². The first-order chi connectivity index (χ1) is 12.1. The lowest BCUT2D eigenvalue weighted by Gasteiger charge is -2.34. The van der Waals surface area contributed by atoms with E-state index in [1.807, 2.05) is 6.92 Å². The van der Waals surface area contributed by atoms with Crippen molar-refractivity contribution in [2.24, 2.45) is 0 Å². The first kappa shape index (κ1) is 15.5. The highest BCUT2D eigenvalue weighted by molar-refractivity contribution is 6.04. The zero-order valence-corrected chi connectivity index (χ0v) is 13.7. The number of ether oxygens (including phenoxy) is 1. The van der Waals surface area contributed by atoms with Crippen molar-refractivity contribution in [3.05, 3.63) is 58.0 Å². The topological polar surface area (TPSA) is 104 Å². The summed E-state index contributed by atoms with van der Waals surface area (Å²) in [5.74, 6) is 0.425. The molecule has 2 N–H and O–H groups in total. The summed E-state index contributed by atoms with van der Waals surface area (Å²) in [6.45, 7) is 3.14. The standard InChI is InChI=1S/C17H17N5O3/c1-10-8-18-15(19-10)13-9-25-7-6-22(13)17(24)14-11-4-2-3-5-12(11)16(23)21-20-14/h2-5,8,13H,6-7,9H2,1H3,(H,18,19)(H,21,23)/t13-/m1/s1. The Balaban J connectivity index is 1.77. The number of aromatic amines is 2. The highest BCUT2D eigenvalue weighted by Gasteiger charge is 2.32. The van der Waals surface area contributed by atoms with Crippen LogP contribution in [0.1, 0.15) is 28.0 Å². The van der Waals surface area contributed by atoms with Gasteiger partial charge in [-0.2, -0.15) is 5.10 Å². The van der Waals surface area contributed by atoms with Gasteiger partial charge in [-0.05, 0) is 13.0 Å². The van der Waals surface area contributed by atoms with E-state index in [2.05, 4.69) is 20.2 Å². The van der Waals surface area contributed by atoms with Crippen molar-refractivity contribution in [3.63, 3.8) is 0 Å². The Labute approximate surface area is 142 Å². The van der Waals surface area contributed by atoms with Crippen LogP contribution in [-0.4, -0.2) is 50.7 Å². The minimum absolute atomic E-state index is 0.227. The van der Waals surface area contributed by atoms with E-state index >= 15 is 0 Å². The minimum Gasteiger partial charge on any atom is -0.377 e. The average molecular weight is 339 g/mol. The largest absolute Gasteiger partial charge is 0.377 e. The summed E-state index contributed by atoms with van der Waals surface area (Å²) in [7, 11) is 0. The molecule has 1 aromatic carbocycles. The summed E-state index contributed by atoms with van der Waals surface area (Å²) in [6.07, 6.45) is 1.72. The molecule has 0 bridgehead atoms. The van der Waals surface area contributed by atoms with E-state index in [4.69, 9.17) is 4.74 Å². The number of nitrogens with one attached hydrogen (secondary N) is 2. The van der Waals surface area contributed by atoms with E-state index in [1.165, 1.54) is 0 Å². The number of fused-ring (bicyclic) bond motifs is 1. The van der Waals surface area contributed by atoms with Crippen LogP contribution in [0.25, 0.3) is 10.8 Å². The number of morpholine rings is 1. The number of hydrogen-bond donors (Lipinski definition) is 2. The van der Waals surface area contributed by atoms with Crippen LogP contribution in [0.3, 0.4) is 0 Å². The number of aryl methyl sites for hydroxylation is 1. The van der Waals surface area contributed by atoms with Crippen molar-refractivity contribution in [2.75, 3.05) is 19.8 Å².